The molecule has 2 aliphatic heterocycles. The Morgan fingerprint density at radius 3 is 2.67 bits per heavy atom. The van der Waals surface area contributed by atoms with Gasteiger partial charge in [-0.15, -0.1) is 6.58 Å². The summed E-state index contributed by atoms with van der Waals surface area (Å²) in [7, 11) is 0. The van der Waals surface area contributed by atoms with E-state index in [2.05, 4.69) is 22.1 Å². The molecule has 0 aromatic heterocycles. The Balaban J connectivity index is 1.71. The number of carbonyl (C=O) groups is 2. The number of nitrogens with one attached hydrogen (secondary N) is 2. The van der Waals surface area contributed by atoms with Gasteiger partial charge in [-0.1, -0.05) is 6.08 Å². The fourth-order valence-electron chi connectivity index (χ4n) is 2.89. The first kappa shape index (κ1) is 16.0. The van der Waals surface area contributed by atoms with Gasteiger partial charge >= 0.3 is 0 Å². The van der Waals surface area contributed by atoms with Crippen molar-refractivity contribution >= 4 is 11.8 Å². The quantitative estimate of drug-likeness (QED) is 0.667. The third-order valence-electron chi connectivity index (χ3n) is 4.14. The number of nitrogens with zero attached hydrogens (tertiary/aromatic N) is 2. The number of hydrogen-bond acceptors (Lipinski definition) is 4. The molecule has 0 radical (unpaired) electrons. The average Bonchev–Trinajstić information content (AvgIpc) is 2.54. The average molecular weight is 294 g/mol. The zero-order valence-corrected chi connectivity index (χ0v) is 12.6. The summed E-state index contributed by atoms with van der Waals surface area (Å²) >= 11 is 0. The van der Waals surface area contributed by atoms with Crippen LogP contribution in [0.1, 0.15) is 12.8 Å². The second-order valence-corrected chi connectivity index (χ2v) is 5.74. The van der Waals surface area contributed by atoms with E-state index in [1.54, 1.807) is 6.08 Å². The summed E-state index contributed by atoms with van der Waals surface area (Å²) in [4.78, 5) is 28.1. The van der Waals surface area contributed by atoms with Crippen molar-refractivity contribution in [1.82, 2.24) is 20.4 Å². The highest BCUT2D eigenvalue weighted by Crippen LogP contribution is 2.14. The predicted octanol–water partition coefficient (Wildman–Crippen LogP) is -0.568. The van der Waals surface area contributed by atoms with Crippen molar-refractivity contribution in [3.8, 4) is 0 Å². The van der Waals surface area contributed by atoms with Gasteiger partial charge in [-0.3, -0.25) is 14.5 Å². The van der Waals surface area contributed by atoms with E-state index >= 15 is 0 Å². The van der Waals surface area contributed by atoms with Gasteiger partial charge in [-0.2, -0.15) is 0 Å². The van der Waals surface area contributed by atoms with E-state index in [4.69, 9.17) is 0 Å². The highest BCUT2D eigenvalue weighted by Gasteiger charge is 2.28. The molecule has 2 aliphatic rings. The molecule has 1 atom stereocenters. The molecule has 0 bridgehead atoms. The van der Waals surface area contributed by atoms with Crippen LogP contribution in [0.4, 0.5) is 0 Å². The molecule has 2 heterocycles. The lowest BCUT2D eigenvalue weighted by atomic mass is 9.98. The van der Waals surface area contributed by atoms with E-state index in [9.17, 15) is 9.59 Å². The lowest BCUT2D eigenvalue weighted by Crippen LogP contribution is -2.53. The van der Waals surface area contributed by atoms with Crippen LogP contribution in [0.15, 0.2) is 12.7 Å². The topological polar surface area (TPSA) is 64.7 Å². The minimum atomic E-state index is 0.0196. The van der Waals surface area contributed by atoms with Crippen molar-refractivity contribution in [2.75, 3.05) is 52.4 Å². The van der Waals surface area contributed by atoms with Crippen molar-refractivity contribution in [2.24, 2.45) is 5.92 Å². The number of hydrogen-bond donors (Lipinski definition) is 2. The maximum atomic E-state index is 12.4. The number of carbonyl (C=O) groups excluding carboxylic acids is 2. The molecule has 118 valence electrons. The maximum absolute atomic E-state index is 12.4. The van der Waals surface area contributed by atoms with Crippen molar-refractivity contribution in [1.29, 1.82) is 0 Å². The minimum absolute atomic E-state index is 0.0196. The molecule has 0 unspecified atom stereocenters. The fourth-order valence-corrected chi connectivity index (χ4v) is 2.89. The zero-order chi connectivity index (χ0) is 15.1. The summed E-state index contributed by atoms with van der Waals surface area (Å²) < 4.78 is 0. The Labute approximate surface area is 126 Å². The minimum Gasteiger partial charge on any atom is -0.352 e. The van der Waals surface area contributed by atoms with Crippen LogP contribution in [-0.2, 0) is 9.59 Å². The van der Waals surface area contributed by atoms with Gasteiger partial charge in [0.05, 0.1) is 12.5 Å². The van der Waals surface area contributed by atoms with Gasteiger partial charge in [0.2, 0.25) is 11.8 Å². The number of piperidine rings is 1. The fraction of sp³-hybridized carbons (Fsp3) is 0.733. The summed E-state index contributed by atoms with van der Waals surface area (Å²) in [5.74, 6) is 0.435. The molecule has 2 fully saturated rings. The van der Waals surface area contributed by atoms with E-state index in [-0.39, 0.29) is 17.7 Å². The van der Waals surface area contributed by atoms with Gasteiger partial charge in [0.15, 0.2) is 0 Å². The van der Waals surface area contributed by atoms with Crippen molar-refractivity contribution in [2.45, 2.75) is 12.8 Å². The lowest BCUT2D eigenvalue weighted by Gasteiger charge is -2.36. The molecule has 0 spiro atoms. The second-order valence-electron chi connectivity index (χ2n) is 5.74. The SMILES string of the molecule is C=CCNC(=O)CN1CCN(C(=O)[C@@H]2CCCNC2)CC1. The smallest absolute Gasteiger partial charge is 0.234 e. The van der Waals surface area contributed by atoms with Crippen molar-refractivity contribution in [3.63, 3.8) is 0 Å². The van der Waals surface area contributed by atoms with E-state index in [0.29, 0.717) is 13.1 Å². The van der Waals surface area contributed by atoms with E-state index < -0.39 is 0 Å². The molecule has 2 amide bonds. The van der Waals surface area contributed by atoms with E-state index in [0.717, 1.165) is 52.1 Å². The Kier molecular flexibility index (Phi) is 6.20. The number of amides is 2. The van der Waals surface area contributed by atoms with Crippen LogP contribution < -0.4 is 10.6 Å². The largest absolute Gasteiger partial charge is 0.352 e. The highest BCUT2D eigenvalue weighted by atomic mass is 16.2. The molecule has 6 nitrogen and oxygen atoms in total. The third-order valence-corrected chi connectivity index (χ3v) is 4.14. The summed E-state index contributed by atoms with van der Waals surface area (Å²) in [6.45, 7) is 9.31. The van der Waals surface area contributed by atoms with Gasteiger partial charge in [-0.05, 0) is 19.4 Å². The van der Waals surface area contributed by atoms with Gasteiger partial charge in [0.1, 0.15) is 0 Å². The molecular weight excluding hydrogens is 268 g/mol. The van der Waals surface area contributed by atoms with Crippen LogP contribution in [0, 0.1) is 5.92 Å². The first-order chi connectivity index (χ1) is 10.2. The van der Waals surface area contributed by atoms with Gasteiger partial charge < -0.3 is 15.5 Å². The van der Waals surface area contributed by atoms with E-state index in [1.165, 1.54) is 0 Å². The van der Waals surface area contributed by atoms with Crippen LogP contribution >= 0.6 is 0 Å². The monoisotopic (exact) mass is 294 g/mol. The van der Waals surface area contributed by atoms with Crippen LogP contribution in [-0.4, -0.2) is 74.0 Å². The summed E-state index contributed by atoms with van der Waals surface area (Å²) in [6, 6.07) is 0. The van der Waals surface area contributed by atoms with Crippen molar-refractivity contribution in [3.05, 3.63) is 12.7 Å². The summed E-state index contributed by atoms with van der Waals surface area (Å²) in [5, 5.41) is 6.07. The lowest BCUT2D eigenvalue weighted by molar-refractivity contribution is -0.138. The molecule has 0 aromatic rings. The summed E-state index contributed by atoms with van der Waals surface area (Å²) in [6.07, 6.45) is 3.75. The number of piperazine rings is 1. The Hall–Kier alpha value is -1.40. The molecule has 0 saturated carbocycles. The zero-order valence-electron chi connectivity index (χ0n) is 12.6. The van der Waals surface area contributed by atoms with E-state index in [1.807, 2.05) is 4.90 Å². The van der Waals surface area contributed by atoms with Crippen LogP contribution in [0.25, 0.3) is 0 Å². The van der Waals surface area contributed by atoms with Gasteiger partial charge in [-0.25, -0.2) is 0 Å². The van der Waals surface area contributed by atoms with Crippen LogP contribution in [0.5, 0.6) is 0 Å². The highest BCUT2D eigenvalue weighted by molar-refractivity contribution is 5.80. The molecule has 2 saturated heterocycles. The predicted molar refractivity (Wildman–Crippen MR) is 81.8 cm³/mol. The summed E-state index contributed by atoms with van der Waals surface area (Å²) in [5.41, 5.74) is 0. The molecule has 2 rings (SSSR count). The van der Waals surface area contributed by atoms with Gasteiger partial charge in [0.25, 0.3) is 0 Å². The molecular formula is C15H26N4O2. The first-order valence-corrected chi connectivity index (χ1v) is 7.80. The second kappa shape index (κ2) is 8.14. The number of rotatable bonds is 5. The molecule has 2 N–H and O–H groups in total. The molecule has 6 heteroatoms. The van der Waals surface area contributed by atoms with Gasteiger partial charge in [0, 0.05) is 39.3 Å². The molecule has 0 aliphatic carbocycles. The van der Waals surface area contributed by atoms with Crippen LogP contribution in [0.3, 0.4) is 0 Å². The Morgan fingerprint density at radius 1 is 1.29 bits per heavy atom. The third kappa shape index (κ3) is 4.82. The Bertz CT molecular complexity index is 372. The molecule has 0 aromatic carbocycles. The molecule has 21 heavy (non-hydrogen) atoms. The Morgan fingerprint density at radius 2 is 2.05 bits per heavy atom. The normalized spacial score (nSPS) is 23.6. The standard InChI is InChI=1S/C15H26N4O2/c1-2-5-17-14(20)12-18-7-9-19(10-8-18)15(21)13-4-3-6-16-11-13/h2,13,16H,1,3-12H2,(H,17,20)/t13-/m1/s1. The first-order valence-electron chi connectivity index (χ1n) is 7.80. The van der Waals surface area contributed by atoms with Crippen molar-refractivity contribution < 1.29 is 9.59 Å². The van der Waals surface area contributed by atoms with Crippen LogP contribution in [0.2, 0.25) is 0 Å². The maximum Gasteiger partial charge on any atom is 0.234 e.